The maximum Gasteiger partial charge on any atom is 0.416 e. The Kier molecular flexibility index (Phi) is 2.10. The number of anilines is 1. The summed E-state index contributed by atoms with van der Waals surface area (Å²) in [5.41, 5.74) is 0.133. The van der Waals surface area contributed by atoms with Crippen molar-refractivity contribution in [3.8, 4) is 0 Å². The SMILES string of the molecule is FC(F)(F)c1ccc(Cl)c2c1CCN2. The Bertz CT molecular complexity index is 373. The molecule has 2 rings (SSSR count). The van der Waals surface area contributed by atoms with Gasteiger partial charge in [-0.15, -0.1) is 0 Å². The number of rotatable bonds is 0. The Morgan fingerprint density at radius 3 is 2.64 bits per heavy atom. The van der Waals surface area contributed by atoms with Crippen molar-refractivity contribution < 1.29 is 13.2 Å². The first-order chi connectivity index (χ1) is 6.50. The van der Waals surface area contributed by atoms with Gasteiger partial charge in [0.25, 0.3) is 0 Å². The summed E-state index contributed by atoms with van der Waals surface area (Å²) in [6, 6.07) is 2.32. The van der Waals surface area contributed by atoms with E-state index >= 15 is 0 Å². The van der Waals surface area contributed by atoms with Crippen LogP contribution in [0.1, 0.15) is 11.1 Å². The summed E-state index contributed by atoms with van der Waals surface area (Å²) in [7, 11) is 0. The maximum atomic E-state index is 12.5. The van der Waals surface area contributed by atoms with Gasteiger partial charge in [-0.3, -0.25) is 0 Å². The summed E-state index contributed by atoms with van der Waals surface area (Å²) in [4.78, 5) is 0. The minimum Gasteiger partial charge on any atom is -0.383 e. The molecule has 1 nitrogen and oxygen atoms in total. The van der Waals surface area contributed by atoms with Gasteiger partial charge in [-0.05, 0) is 24.1 Å². The van der Waals surface area contributed by atoms with Crippen LogP contribution in [0.3, 0.4) is 0 Å². The third kappa shape index (κ3) is 1.43. The van der Waals surface area contributed by atoms with E-state index < -0.39 is 11.7 Å². The van der Waals surface area contributed by atoms with Crippen LogP contribution in [0.2, 0.25) is 5.02 Å². The van der Waals surface area contributed by atoms with Gasteiger partial charge in [0.05, 0.1) is 16.3 Å². The highest BCUT2D eigenvalue weighted by Crippen LogP contribution is 2.40. The highest BCUT2D eigenvalue weighted by atomic mass is 35.5. The zero-order chi connectivity index (χ0) is 10.3. The molecule has 0 atom stereocenters. The molecule has 1 N–H and O–H groups in total. The highest BCUT2D eigenvalue weighted by molar-refractivity contribution is 6.33. The Morgan fingerprint density at radius 1 is 1.29 bits per heavy atom. The lowest BCUT2D eigenvalue weighted by atomic mass is 10.0. The molecule has 1 heterocycles. The molecule has 0 amide bonds. The average Bonchev–Trinajstić information content (AvgIpc) is 2.50. The van der Waals surface area contributed by atoms with E-state index in [4.69, 9.17) is 11.6 Å². The molecule has 1 aliphatic heterocycles. The van der Waals surface area contributed by atoms with E-state index in [1.165, 1.54) is 6.07 Å². The van der Waals surface area contributed by atoms with Crippen molar-refractivity contribution in [2.45, 2.75) is 12.6 Å². The van der Waals surface area contributed by atoms with Crippen LogP contribution in [-0.4, -0.2) is 6.54 Å². The molecule has 0 radical (unpaired) electrons. The second-order valence-electron chi connectivity index (χ2n) is 3.12. The molecule has 0 spiro atoms. The van der Waals surface area contributed by atoms with Crippen molar-refractivity contribution in [2.24, 2.45) is 0 Å². The first-order valence-electron chi connectivity index (χ1n) is 4.12. The number of nitrogens with one attached hydrogen (secondary N) is 1. The Morgan fingerprint density at radius 2 is 2.00 bits per heavy atom. The number of fused-ring (bicyclic) bond motifs is 1. The van der Waals surface area contributed by atoms with Crippen LogP contribution in [0.25, 0.3) is 0 Å². The summed E-state index contributed by atoms with van der Waals surface area (Å²) in [6.45, 7) is 0.516. The normalized spacial score (nSPS) is 15.1. The van der Waals surface area contributed by atoms with Crippen LogP contribution in [0.4, 0.5) is 18.9 Å². The van der Waals surface area contributed by atoms with Gasteiger partial charge >= 0.3 is 6.18 Å². The van der Waals surface area contributed by atoms with E-state index in [1.54, 1.807) is 0 Å². The van der Waals surface area contributed by atoms with Crippen molar-refractivity contribution in [1.82, 2.24) is 0 Å². The smallest absolute Gasteiger partial charge is 0.383 e. The summed E-state index contributed by atoms with van der Waals surface area (Å²) in [6.07, 6.45) is -3.91. The monoisotopic (exact) mass is 221 g/mol. The van der Waals surface area contributed by atoms with Crippen LogP contribution < -0.4 is 5.32 Å². The Hall–Kier alpha value is -0.900. The molecule has 0 unspecified atom stereocenters. The second-order valence-corrected chi connectivity index (χ2v) is 3.53. The summed E-state index contributed by atoms with van der Waals surface area (Å²) < 4.78 is 37.5. The van der Waals surface area contributed by atoms with Crippen molar-refractivity contribution >= 4 is 17.3 Å². The molecule has 14 heavy (non-hydrogen) atoms. The molecule has 1 aliphatic rings. The standard InChI is InChI=1S/C9H7ClF3N/c10-7-2-1-6(9(11,12)13)5-3-4-14-8(5)7/h1-2,14H,3-4H2. The first-order valence-corrected chi connectivity index (χ1v) is 4.50. The Labute approximate surface area is 83.9 Å². The molecular formula is C9H7ClF3N. The van der Waals surface area contributed by atoms with E-state index in [0.717, 1.165) is 6.07 Å². The predicted octanol–water partition coefficient (Wildman–Crippen LogP) is 3.33. The maximum absolute atomic E-state index is 12.5. The van der Waals surface area contributed by atoms with Crippen LogP contribution in [0.5, 0.6) is 0 Å². The van der Waals surface area contributed by atoms with E-state index in [1.807, 2.05) is 0 Å². The fraction of sp³-hybridized carbons (Fsp3) is 0.333. The van der Waals surface area contributed by atoms with E-state index in [2.05, 4.69) is 5.32 Å². The van der Waals surface area contributed by atoms with Crippen LogP contribution in [0, 0.1) is 0 Å². The zero-order valence-corrected chi connectivity index (χ0v) is 7.84. The van der Waals surface area contributed by atoms with Crippen molar-refractivity contribution in [3.05, 3.63) is 28.3 Å². The van der Waals surface area contributed by atoms with Gasteiger partial charge in [-0.25, -0.2) is 0 Å². The molecule has 0 saturated carbocycles. The molecule has 0 saturated heterocycles. The summed E-state index contributed by atoms with van der Waals surface area (Å²) in [5, 5.41) is 3.20. The molecule has 0 aliphatic carbocycles. The minimum atomic E-state index is -4.29. The molecule has 5 heteroatoms. The van der Waals surface area contributed by atoms with Gasteiger partial charge in [0.15, 0.2) is 0 Å². The molecular weight excluding hydrogens is 215 g/mol. The van der Waals surface area contributed by atoms with E-state index in [-0.39, 0.29) is 5.56 Å². The minimum absolute atomic E-state index is 0.282. The molecule has 1 aromatic rings. The van der Waals surface area contributed by atoms with E-state index in [0.29, 0.717) is 23.7 Å². The van der Waals surface area contributed by atoms with Crippen LogP contribution in [0.15, 0.2) is 12.1 Å². The lowest BCUT2D eigenvalue weighted by Gasteiger charge is -2.12. The average molecular weight is 222 g/mol. The summed E-state index contributed by atoms with van der Waals surface area (Å²) in [5.74, 6) is 0. The number of benzene rings is 1. The van der Waals surface area contributed by atoms with Gasteiger partial charge in [0.2, 0.25) is 0 Å². The molecule has 76 valence electrons. The first kappa shape index (κ1) is 9.65. The fourth-order valence-corrected chi connectivity index (χ4v) is 1.89. The quantitative estimate of drug-likeness (QED) is 0.709. The number of alkyl halides is 3. The number of hydrogen-bond donors (Lipinski definition) is 1. The lowest BCUT2D eigenvalue weighted by Crippen LogP contribution is -2.08. The van der Waals surface area contributed by atoms with Crippen molar-refractivity contribution in [3.63, 3.8) is 0 Å². The topological polar surface area (TPSA) is 12.0 Å². The summed E-state index contributed by atoms with van der Waals surface area (Å²) >= 11 is 5.76. The van der Waals surface area contributed by atoms with Crippen LogP contribution >= 0.6 is 11.6 Å². The van der Waals surface area contributed by atoms with Gasteiger partial charge in [-0.1, -0.05) is 11.6 Å². The van der Waals surface area contributed by atoms with E-state index in [9.17, 15) is 13.2 Å². The third-order valence-corrected chi connectivity index (χ3v) is 2.56. The third-order valence-electron chi connectivity index (χ3n) is 2.24. The van der Waals surface area contributed by atoms with Crippen molar-refractivity contribution in [1.29, 1.82) is 0 Å². The largest absolute Gasteiger partial charge is 0.416 e. The van der Waals surface area contributed by atoms with Crippen LogP contribution in [-0.2, 0) is 12.6 Å². The molecule has 0 fully saturated rings. The number of hydrogen-bond acceptors (Lipinski definition) is 1. The molecule has 0 bridgehead atoms. The highest BCUT2D eigenvalue weighted by Gasteiger charge is 2.35. The second kappa shape index (κ2) is 3.05. The van der Waals surface area contributed by atoms with Gasteiger partial charge in [-0.2, -0.15) is 13.2 Å². The van der Waals surface area contributed by atoms with Crippen molar-refractivity contribution in [2.75, 3.05) is 11.9 Å². The number of halogens is 4. The van der Waals surface area contributed by atoms with Gasteiger partial charge in [0, 0.05) is 6.54 Å². The zero-order valence-electron chi connectivity index (χ0n) is 7.08. The molecule has 1 aromatic carbocycles. The predicted molar refractivity (Wildman–Crippen MR) is 48.6 cm³/mol. The Balaban J connectivity index is 2.60. The fourth-order valence-electron chi connectivity index (χ4n) is 1.65. The lowest BCUT2D eigenvalue weighted by molar-refractivity contribution is -0.138. The van der Waals surface area contributed by atoms with Gasteiger partial charge in [0.1, 0.15) is 0 Å². The molecule has 0 aromatic heterocycles. The van der Waals surface area contributed by atoms with Gasteiger partial charge < -0.3 is 5.32 Å².